The van der Waals surface area contributed by atoms with E-state index < -0.39 is 17.9 Å². The monoisotopic (exact) mass is 286 g/mol. The lowest BCUT2D eigenvalue weighted by atomic mass is 9.92. The molecule has 0 aromatic rings. The van der Waals surface area contributed by atoms with Crippen LogP contribution in [-0.4, -0.2) is 65.7 Å². The van der Waals surface area contributed by atoms with Crippen LogP contribution in [0.2, 0.25) is 0 Å². The largest absolute Gasteiger partial charge is 0.481 e. The van der Waals surface area contributed by atoms with Gasteiger partial charge in [0.1, 0.15) is 6.54 Å². The molecule has 1 aliphatic heterocycles. The Morgan fingerprint density at radius 2 is 2.05 bits per heavy atom. The van der Waals surface area contributed by atoms with Gasteiger partial charge in [0.15, 0.2) is 0 Å². The van der Waals surface area contributed by atoms with Crippen molar-refractivity contribution in [2.24, 2.45) is 5.92 Å². The molecule has 0 spiro atoms. The minimum Gasteiger partial charge on any atom is -0.481 e. The molecule has 0 aromatic heterocycles. The Morgan fingerprint density at radius 3 is 2.55 bits per heavy atom. The molecule has 20 heavy (non-hydrogen) atoms. The average molecular weight is 286 g/mol. The van der Waals surface area contributed by atoms with E-state index in [9.17, 15) is 14.4 Å². The van der Waals surface area contributed by atoms with Crippen LogP contribution in [0.1, 0.15) is 26.7 Å². The topological polar surface area (TPSA) is 87.2 Å². The highest BCUT2D eigenvalue weighted by atomic mass is 16.5. The SMILES string of the molecule is CCOC(=O)CN(C)C(=O)N1CCC(C(=O)O)CC1C. The molecular weight excluding hydrogens is 264 g/mol. The first kappa shape index (κ1) is 16.3. The van der Waals surface area contributed by atoms with Gasteiger partial charge in [-0.15, -0.1) is 0 Å². The van der Waals surface area contributed by atoms with Gasteiger partial charge in [0.05, 0.1) is 12.5 Å². The standard InChI is InChI=1S/C13H22N2O5/c1-4-20-11(16)8-14(3)13(19)15-6-5-10(12(17)18)7-9(15)2/h9-10H,4-8H2,1-3H3,(H,17,18). The Bertz CT molecular complexity index is 385. The summed E-state index contributed by atoms with van der Waals surface area (Å²) in [4.78, 5) is 37.4. The number of nitrogens with zero attached hydrogens (tertiary/aromatic N) is 2. The van der Waals surface area contributed by atoms with Gasteiger partial charge in [-0.2, -0.15) is 0 Å². The quantitative estimate of drug-likeness (QED) is 0.772. The van der Waals surface area contributed by atoms with Gasteiger partial charge in [0, 0.05) is 19.6 Å². The van der Waals surface area contributed by atoms with E-state index in [4.69, 9.17) is 9.84 Å². The zero-order valence-electron chi connectivity index (χ0n) is 12.2. The molecule has 1 saturated heterocycles. The Kier molecular flexibility index (Phi) is 5.79. The minimum absolute atomic E-state index is 0.0990. The molecule has 2 unspecified atom stereocenters. The van der Waals surface area contributed by atoms with Gasteiger partial charge in [-0.25, -0.2) is 4.79 Å². The van der Waals surface area contributed by atoms with Crippen LogP contribution >= 0.6 is 0 Å². The maximum Gasteiger partial charge on any atom is 0.325 e. The molecule has 0 saturated carbocycles. The van der Waals surface area contributed by atoms with Crippen molar-refractivity contribution in [3.63, 3.8) is 0 Å². The summed E-state index contributed by atoms with van der Waals surface area (Å²) in [7, 11) is 1.54. The smallest absolute Gasteiger partial charge is 0.325 e. The normalized spacial score (nSPS) is 22.2. The minimum atomic E-state index is -0.816. The van der Waals surface area contributed by atoms with E-state index in [0.717, 1.165) is 0 Å². The number of carboxylic acids is 1. The number of ether oxygens (including phenoxy) is 1. The fourth-order valence-electron chi connectivity index (χ4n) is 2.37. The average Bonchev–Trinajstić information content (AvgIpc) is 2.37. The molecule has 1 rings (SSSR count). The number of aliphatic carboxylic acids is 1. The number of hydrogen-bond donors (Lipinski definition) is 1. The zero-order chi connectivity index (χ0) is 15.3. The fourth-order valence-corrected chi connectivity index (χ4v) is 2.37. The maximum atomic E-state index is 12.2. The number of carboxylic acid groups (broad SMARTS) is 1. The van der Waals surface area contributed by atoms with Crippen LogP contribution in [-0.2, 0) is 14.3 Å². The van der Waals surface area contributed by atoms with Crippen molar-refractivity contribution in [1.29, 1.82) is 0 Å². The summed E-state index contributed by atoms with van der Waals surface area (Å²) in [5.74, 6) is -1.66. The second-order valence-corrected chi connectivity index (χ2v) is 5.05. The van der Waals surface area contributed by atoms with Gasteiger partial charge in [-0.1, -0.05) is 0 Å². The predicted octanol–water partition coefficient (Wildman–Crippen LogP) is 0.786. The molecule has 0 radical (unpaired) electrons. The van der Waals surface area contributed by atoms with E-state index in [0.29, 0.717) is 19.4 Å². The van der Waals surface area contributed by atoms with Crippen LogP contribution in [0.15, 0.2) is 0 Å². The summed E-state index contributed by atoms with van der Waals surface area (Å²) in [6.45, 7) is 4.10. The van der Waals surface area contributed by atoms with Gasteiger partial charge >= 0.3 is 18.0 Å². The van der Waals surface area contributed by atoms with Crippen LogP contribution < -0.4 is 0 Å². The summed E-state index contributed by atoms with van der Waals surface area (Å²) in [5, 5.41) is 8.99. The Labute approximate surface area is 118 Å². The lowest BCUT2D eigenvalue weighted by Crippen LogP contribution is -2.51. The van der Waals surface area contributed by atoms with Crippen LogP contribution in [0.5, 0.6) is 0 Å². The first-order valence-electron chi connectivity index (χ1n) is 6.77. The van der Waals surface area contributed by atoms with Crippen molar-refractivity contribution in [1.82, 2.24) is 9.80 Å². The Balaban J connectivity index is 2.55. The third-order valence-electron chi connectivity index (χ3n) is 3.47. The van der Waals surface area contributed by atoms with Crippen LogP contribution in [0.4, 0.5) is 4.79 Å². The van der Waals surface area contributed by atoms with Gasteiger partial charge in [0.25, 0.3) is 0 Å². The number of likely N-dealkylation sites (tertiary alicyclic amines) is 1. The third kappa shape index (κ3) is 4.11. The predicted molar refractivity (Wildman–Crippen MR) is 71.2 cm³/mol. The number of esters is 1. The van der Waals surface area contributed by atoms with Gasteiger partial charge in [0.2, 0.25) is 0 Å². The Morgan fingerprint density at radius 1 is 1.40 bits per heavy atom. The van der Waals surface area contributed by atoms with Crippen LogP contribution in [0, 0.1) is 5.92 Å². The number of carbonyl (C=O) groups excluding carboxylic acids is 2. The summed E-state index contributed by atoms with van der Waals surface area (Å²) in [6.07, 6.45) is 0.882. The third-order valence-corrected chi connectivity index (χ3v) is 3.47. The highest BCUT2D eigenvalue weighted by Gasteiger charge is 2.33. The molecule has 7 nitrogen and oxygen atoms in total. The fraction of sp³-hybridized carbons (Fsp3) is 0.769. The molecule has 2 atom stereocenters. The molecule has 0 bridgehead atoms. The number of carbonyl (C=O) groups is 3. The summed E-state index contributed by atoms with van der Waals surface area (Å²) in [6, 6.07) is -0.420. The second kappa shape index (κ2) is 7.12. The highest BCUT2D eigenvalue weighted by Crippen LogP contribution is 2.23. The maximum absolute atomic E-state index is 12.2. The van der Waals surface area contributed by atoms with Crippen LogP contribution in [0.3, 0.4) is 0 Å². The lowest BCUT2D eigenvalue weighted by Gasteiger charge is -2.38. The number of rotatable bonds is 4. The van der Waals surface area contributed by atoms with E-state index in [-0.39, 0.29) is 25.2 Å². The molecule has 0 aliphatic carbocycles. The number of likely N-dealkylation sites (N-methyl/N-ethyl adjacent to an activating group) is 1. The molecule has 1 fully saturated rings. The van der Waals surface area contributed by atoms with E-state index >= 15 is 0 Å². The van der Waals surface area contributed by atoms with Crippen molar-refractivity contribution >= 4 is 18.0 Å². The van der Waals surface area contributed by atoms with E-state index in [1.165, 1.54) is 11.9 Å². The van der Waals surface area contributed by atoms with Gasteiger partial charge < -0.3 is 19.6 Å². The van der Waals surface area contributed by atoms with Crippen molar-refractivity contribution in [3.05, 3.63) is 0 Å². The number of piperidine rings is 1. The van der Waals surface area contributed by atoms with Crippen molar-refractivity contribution in [2.75, 3.05) is 26.7 Å². The zero-order valence-corrected chi connectivity index (χ0v) is 12.2. The molecule has 7 heteroatoms. The van der Waals surface area contributed by atoms with Crippen molar-refractivity contribution in [3.8, 4) is 0 Å². The number of urea groups is 1. The highest BCUT2D eigenvalue weighted by molar-refractivity contribution is 5.81. The van der Waals surface area contributed by atoms with E-state index in [1.807, 2.05) is 6.92 Å². The van der Waals surface area contributed by atoms with Gasteiger partial charge in [-0.3, -0.25) is 9.59 Å². The van der Waals surface area contributed by atoms with Crippen LogP contribution in [0.25, 0.3) is 0 Å². The first-order valence-corrected chi connectivity index (χ1v) is 6.77. The van der Waals surface area contributed by atoms with E-state index in [1.54, 1.807) is 11.8 Å². The molecule has 1 aliphatic rings. The van der Waals surface area contributed by atoms with Crippen molar-refractivity contribution < 1.29 is 24.2 Å². The second-order valence-electron chi connectivity index (χ2n) is 5.05. The first-order chi connectivity index (χ1) is 9.36. The number of hydrogen-bond acceptors (Lipinski definition) is 4. The van der Waals surface area contributed by atoms with Crippen molar-refractivity contribution in [2.45, 2.75) is 32.7 Å². The molecule has 1 heterocycles. The Hall–Kier alpha value is -1.79. The summed E-state index contributed by atoms with van der Waals surface area (Å²) >= 11 is 0. The van der Waals surface area contributed by atoms with E-state index in [2.05, 4.69) is 0 Å². The summed E-state index contributed by atoms with van der Waals surface area (Å²) in [5.41, 5.74) is 0. The molecule has 2 amide bonds. The lowest BCUT2D eigenvalue weighted by molar-refractivity contribution is -0.143. The summed E-state index contributed by atoms with van der Waals surface area (Å²) < 4.78 is 4.80. The molecular formula is C13H22N2O5. The van der Waals surface area contributed by atoms with Gasteiger partial charge in [-0.05, 0) is 26.7 Å². The molecule has 114 valence electrons. The molecule has 0 aromatic carbocycles. The molecule has 1 N–H and O–H groups in total. The number of amides is 2.